The maximum atomic E-state index is 12.3. The third-order valence-corrected chi connectivity index (χ3v) is 4.46. The Kier molecular flexibility index (Phi) is 4.64. The zero-order valence-electron chi connectivity index (χ0n) is 12.3. The minimum Gasteiger partial charge on any atom is -0.310 e. The summed E-state index contributed by atoms with van der Waals surface area (Å²) < 4.78 is 27.1. The third kappa shape index (κ3) is 4.05. The average molecular weight is 308 g/mol. The summed E-state index contributed by atoms with van der Waals surface area (Å²) in [6.45, 7) is 6.49. The van der Waals surface area contributed by atoms with Crippen LogP contribution in [0.3, 0.4) is 0 Å². The van der Waals surface area contributed by atoms with Crippen LogP contribution in [-0.4, -0.2) is 24.7 Å². The molecule has 3 N–H and O–H groups in total. The first-order valence-electron chi connectivity index (χ1n) is 6.73. The van der Waals surface area contributed by atoms with Gasteiger partial charge in [-0.15, -0.1) is 0 Å². The number of nitrogens with one attached hydrogen (secondary N) is 3. The van der Waals surface area contributed by atoms with Gasteiger partial charge in [0.1, 0.15) is 4.90 Å². The van der Waals surface area contributed by atoms with Crippen LogP contribution < -0.4 is 10.0 Å². The highest BCUT2D eigenvalue weighted by molar-refractivity contribution is 7.92. The molecule has 2 aromatic rings. The lowest BCUT2D eigenvalue weighted by Gasteiger charge is -2.11. The number of hydrogen-bond acceptors (Lipinski definition) is 4. The smallest absolute Gasteiger partial charge is 0.265 e. The first-order valence-corrected chi connectivity index (χ1v) is 8.22. The van der Waals surface area contributed by atoms with Gasteiger partial charge in [-0.25, -0.2) is 8.42 Å². The van der Waals surface area contributed by atoms with Crippen LogP contribution in [0.25, 0.3) is 0 Å². The zero-order valence-corrected chi connectivity index (χ0v) is 13.2. The summed E-state index contributed by atoms with van der Waals surface area (Å²) in [5.41, 5.74) is 2.08. The van der Waals surface area contributed by atoms with Gasteiger partial charge in [0.2, 0.25) is 0 Å². The van der Waals surface area contributed by atoms with Gasteiger partial charge in [0, 0.05) is 18.3 Å². The number of nitrogens with zero attached hydrogens (tertiary/aromatic N) is 1. The van der Waals surface area contributed by atoms with Gasteiger partial charge in [-0.05, 0) is 24.6 Å². The molecule has 0 fully saturated rings. The normalized spacial score (nSPS) is 11.8. The predicted octanol–water partition coefficient (Wildman–Crippen LogP) is 2.02. The highest BCUT2D eigenvalue weighted by Crippen LogP contribution is 2.18. The van der Waals surface area contributed by atoms with Crippen molar-refractivity contribution in [2.75, 3.05) is 4.72 Å². The minimum absolute atomic E-state index is 0.160. The van der Waals surface area contributed by atoms with Crippen molar-refractivity contribution < 1.29 is 8.42 Å². The Balaban J connectivity index is 2.16. The molecule has 0 atom stereocenters. The van der Waals surface area contributed by atoms with Gasteiger partial charge >= 0.3 is 0 Å². The van der Waals surface area contributed by atoms with Crippen LogP contribution in [0.5, 0.6) is 0 Å². The maximum Gasteiger partial charge on any atom is 0.265 e. The molecule has 0 amide bonds. The van der Waals surface area contributed by atoms with E-state index in [2.05, 4.69) is 34.1 Å². The molecule has 1 heterocycles. The van der Waals surface area contributed by atoms with E-state index in [9.17, 15) is 8.42 Å². The predicted molar refractivity (Wildman–Crippen MR) is 82.6 cm³/mol. The summed E-state index contributed by atoms with van der Waals surface area (Å²) in [6.07, 6.45) is 1.31. The van der Waals surface area contributed by atoms with Crippen molar-refractivity contribution in [3.05, 3.63) is 41.7 Å². The van der Waals surface area contributed by atoms with Crippen LogP contribution in [0.1, 0.15) is 25.1 Å². The van der Waals surface area contributed by atoms with Crippen LogP contribution >= 0.6 is 0 Å². The van der Waals surface area contributed by atoms with E-state index >= 15 is 0 Å². The number of hydrogen-bond donors (Lipinski definition) is 3. The lowest BCUT2D eigenvalue weighted by Crippen LogP contribution is -2.22. The van der Waals surface area contributed by atoms with Crippen molar-refractivity contribution in [1.82, 2.24) is 15.5 Å². The average Bonchev–Trinajstić information content (AvgIpc) is 2.83. The molecule has 0 saturated heterocycles. The number of aromatic nitrogens is 2. The second-order valence-electron chi connectivity index (χ2n) is 5.20. The van der Waals surface area contributed by atoms with E-state index in [1.807, 2.05) is 18.2 Å². The topological polar surface area (TPSA) is 86.9 Å². The second kappa shape index (κ2) is 6.28. The zero-order chi connectivity index (χ0) is 15.5. The highest BCUT2D eigenvalue weighted by atomic mass is 32.2. The minimum atomic E-state index is -3.61. The van der Waals surface area contributed by atoms with Crippen LogP contribution in [0.4, 0.5) is 5.69 Å². The number of aryl methyl sites for hydroxylation is 1. The number of benzene rings is 1. The number of aromatic amines is 1. The molecule has 0 aliphatic heterocycles. The summed E-state index contributed by atoms with van der Waals surface area (Å²) in [4.78, 5) is 0.160. The van der Waals surface area contributed by atoms with Gasteiger partial charge in [-0.3, -0.25) is 9.82 Å². The maximum absolute atomic E-state index is 12.3. The lowest BCUT2D eigenvalue weighted by atomic mass is 10.2. The van der Waals surface area contributed by atoms with Crippen molar-refractivity contribution in [3.8, 4) is 0 Å². The SMILES string of the molecule is Cc1[nH]ncc1S(=O)(=O)Nc1cccc(CNC(C)C)c1. The molecule has 1 aromatic carbocycles. The van der Waals surface area contributed by atoms with E-state index in [-0.39, 0.29) is 4.90 Å². The molecule has 0 aliphatic carbocycles. The molecule has 0 bridgehead atoms. The lowest BCUT2D eigenvalue weighted by molar-refractivity contribution is 0.589. The van der Waals surface area contributed by atoms with Gasteiger partial charge in [0.25, 0.3) is 10.0 Å². The van der Waals surface area contributed by atoms with Crippen molar-refractivity contribution >= 4 is 15.7 Å². The molecule has 114 valence electrons. The van der Waals surface area contributed by atoms with Gasteiger partial charge in [0.05, 0.1) is 11.9 Å². The Bertz CT molecular complexity index is 707. The highest BCUT2D eigenvalue weighted by Gasteiger charge is 2.18. The Hall–Kier alpha value is -1.86. The van der Waals surface area contributed by atoms with Crippen LogP contribution in [-0.2, 0) is 16.6 Å². The van der Waals surface area contributed by atoms with E-state index in [0.717, 1.165) is 5.56 Å². The summed E-state index contributed by atoms with van der Waals surface area (Å²) in [5.74, 6) is 0. The fourth-order valence-electron chi connectivity index (χ4n) is 1.89. The van der Waals surface area contributed by atoms with E-state index in [4.69, 9.17) is 0 Å². The fraction of sp³-hybridized carbons (Fsp3) is 0.357. The van der Waals surface area contributed by atoms with E-state index in [0.29, 0.717) is 24.0 Å². The van der Waals surface area contributed by atoms with Crippen LogP contribution in [0.15, 0.2) is 35.4 Å². The molecule has 1 aromatic heterocycles. The van der Waals surface area contributed by atoms with Gasteiger partial charge in [-0.1, -0.05) is 26.0 Å². The molecule has 0 unspecified atom stereocenters. The number of sulfonamides is 1. The van der Waals surface area contributed by atoms with Crippen LogP contribution in [0, 0.1) is 6.92 Å². The number of anilines is 1. The molecule has 0 saturated carbocycles. The Labute approximate surface area is 125 Å². The molecule has 0 spiro atoms. The Morgan fingerprint density at radius 2 is 2.10 bits per heavy atom. The van der Waals surface area contributed by atoms with E-state index < -0.39 is 10.0 Å². The third-order valence-electron chi connectivity index (χ3n) is 2.97. The molecule has 6 nitrogen and oxygen atoms in total. The van der Waals surface area contributed by atoms with Gasteiger partial charge in [0.15, 0.2) is 0 Å². The molecule has 21 heavy (non-hydrogen) atoms. The largest absolute Gasteiger partial charge is 0.310 e. The molecule has 0 radical (unpaired) electrons. The molecule has 7 heteroatoms. The van der Waals surface area contributed by atoms with Gasteiger partial charge < -0.3 is 5.32 Å². The first-order chi connectivity index (χ1) is 9.88. The standard InChI is InChI=1S/C14H20N4O2S/c1-10(2)15-8-12-5-4-6-13(7-12)18-21(19,20)14-9-16-17-11(14)3/h4-7,9-10,15,18H,8H2,1-3H3,(H,16,17). The molecule has 0 aliphatic rings. The van der Waals surface area contributed by atoms with Crippen molar-refractivity contribution in [2.45, 2.75) is 38.3 Å². The first kappa shape index (κ1) is 15.5. The van der Waals surface area contributed by atoms with Crippen molar-refractivity contribution in [2.24, 2.45) is 0 Å². The second-order valence-corrected chi connectivity index (χ2v) is 6.85. The summed E-state index contributed by atoms with van der Waals surface area (Å²) in [7, 11) is -3.61. The molecular weight excluding hydrogens is 288 g/mol. The Morgan fingerprint density at radius 3 is 2.71 bits per heavy atom. The summed E-state index contributed by atoms with van der Waals surface area (Å²) in [5, 5.41) is 9.66. The van der Waals surface area contributed by atoms with E-state index in [1.165, 1.54) is 6.20 Å². The number of H-pyrrole nitrogens is 1. The summed E-state index contributed by atoms with van der Waals surface area (Å²) in [6, 6.07) is 7.71. The monoisotopic (exact) mass is 308 g/mol. The van der Waals surface area contributed by atoms with Crippen LogP contribution in [0.2, 0.25) is 0 Å². The molecular formula is C14H20N4O2S. The summed E-state index contributed by atoms with van der Waals surface area (Å²) >= 11 is 0. The fourth-order valence-corrected chi connectivity index (χ4v) is 3.07. The van der Waals surface area contributed by atoms with E-state index in [1.54, 1.807) is 13.0 Å². The van der Waals surface area contributed by atoms with Crippen molar-refractivity contribution in [3.63, 3.8) is 0 Å². The Morgan fingerprint density at radius 1 is 1.33 bits per heavy atom. The quantitative estimate of drug-likeness (QED) is 0.762. The van der Waals surface area contributed by atoms with Crippen molar-refractivity contribution in [1.29, 1.82) is 0 Å². The van der Waals surface area contributed by atoms with Gasteiger partial charge in [-0.2, -0.15) is 5.10 Å². The number of rotatable bonds is 6. The molecule has 2 rings (SSSR count).